The summed E-state index contributed by atoms with van der Waals surface area (Å²) in [6.07, 6.45) is 3.98. The van der Waals surface area contributed by atoms with Crippen molar-refractivity contribution >= 4 is 29.8 Å². The highest BCUT2D eigenvalue weighted by atomic mass is 16.8. The van der Waals surface area contributed by atoms with Crippen molar-refractivity contribution in [2.24, 2.45) is 0 Å². The topological polar surface area (TPSA) is 135 Å². The second-order valence-corrected chi connectivity index (χ2v) is 13.4. The lowest BCUT2D eigenvalue weighted by molar-refractivity contribution is -0.172. The average molecular weight is 694 g/mol. The number of nitrogens with one attached hydrogen (secondary N) is 1. The van der Waals surface area contributed by atoms with Crippen LogP contribution < -0.4 is 5.32 Å². The molecule has 0 saturated carbocycles. The van der Waals surface area contributed by atoms with E-state index in [0.717, 1.165) is 22.3 Å². The van der Waals surface area contributed by atoms with Crippen LogP contribution in [-0.2, 0) is 47.9 Å². The number of carbonyl (C=O) groups excluding carboxylic acids is 4. The Morgan fingerprint density at radius 1 is 0.941 bits per heavy atom. The van der Waals surface area contributed by atoms with Crippen LogP contribution in [0.15, 0.2) is 96.6 Å². The minimum Gasteiger partial charge on any atom is -0.456 e. The number of aliphatic hydroxyl groups excluding tert-OH is 1. The fraction of sp³-hybridized carbons (Fsp3) is 0.350. The molecule has 6 rings (SSSR count). The maximum Gasteiger partial charge on any atom is 0.338 e. The molecule has 3 amide bonds. The molecule has 266 valence electrons. The van der Waals surface area contributed by atoms with E-state index < -0.39 is 47.9 Å². The molecule has 1 fully saturated rings. The Labute approximate surface area is 297 Å². The molecule has 51 heavy (non-hydrogen) atoms. The summed E-state index contributed by atoms with van der Waals surface area (Å²) in [5.74, 6) is -2.52. The van der Waals surface area contributed by atoms with E-state index in [4.69, 9.17) is 14.2 Å². The summed E-state index contributed by atoms with van der Waals surface area (Å²) in [5, 5.41) is 12.0. The van der Waals surface area contributed by atoms with Crippen molar-refractivity contribution in [2.75, 3.05) is 34.3 Å². The fourth-order valence-corrected chi connectivity index (χ4v) is 6.81. The molecule has 0 aromatic heterocycles. The lowest BCUT2D eigenvalue weighted by Gasteiger charge is -2.33. The lowest BCUT2D eigenvalue weighted by atomic mass is 9.90. The summed E-state index contributed by atoms with van der Waals surface area (Å²) in [5.41, 5.74) is 4.47. The molecule has 3 aliphatic rings. The van der Waals surface area contributed by atoms with E-state index in [1.165, 1.54) is 15.9 Å². The summed E-state index contributed by atoms with van der Waals surface area (Å²) >= 11 is 0. The molecule has 11 nitrogen and oxygen atoms in total. The zero-order valence-corrected chi connectivity index (χ0v) is 29.0. The molecule has 4 atom stereocenters. The van der Waals surface area contributed by atoms with Gasteiger partial charge in [0.1, 0.15) is 24.4 Å². The molecule has 3 aromatic carbocycles. The largest absolute Gasteiger partial charge is 0.456 e. The smallest absolute Gasteiger partial charge is 0.338 e. The van der Waals surface area contributed by atoms with Gasteiger partial charge in [-0.05, 0) is 46.5 Å². The van der Waals surface area contributed by atoms with E-state index in [0.29, 0.717) is 24.0 Å². The van der Waals surface area contributed by atoms with Gasteiger partial charge >= 0.3 is 5.97 Å². The van der Waals surface area contributed by atoms with Crippen LogP contribution in [0.3, 0.4) is 0 Å². The Morgan fingerprint density at radius 2 is 1.61 bits per heavy atom. The number of amides is 3. The van der Waals surface area contributed by atoms with Gasteiger partial charge < -0.3 is 34.4 Å². The molecular weight excluding hydrogens is 650 g/mol. The maximum atomic E-state index is 14.2. The number of ether oxygens (including phenoxy) is 3. The van der Waals surface area contributed by atoms with Crippen LogP contribution in [0.4, 0.5) is 0 Å². The van der Waals surface area contributed by atoms with E-state index in [-0.39, 0.29) is 31.9 Å². The number of fused-ring (bicyclic) bond motifs is 2. The fourth-order valence-electron chi connectivity index (χ4n) is 6.81. The van der Waals surface area contributed by atoms with E-state index in [1.54, 1.807) is 57.6 Å². The number of hydrogen-bond acceptors (Lipinski definition) is 8. The van der Waals surface area contributed by atoms with Crippen molar-refractivity contribution in [1.82, 2.24) is 15.1 Å². The van der Waals surface area contributed by atoms with Crippen molar-refractivity contribution in [3.05, 3.63) is 124 Å². The van der Waals surface area contributed by atoms with Crippen molar-refractivity contribution in [3.8, 4) is 0 Å². The Balaban J connectivity index is 1.25. The van der Waals surface area contributed by atoms with Gasteiger partial charge in [-0.3, -0.25) is 14.4 Å². The van der Waals surface area contributed by atoms with Crippen LogP contribution in [0.2, 0.25) is 0 Å². The second-order valence-electron chi connectivity index (χ2n) is 13.4. The van der Waals surface area contributed by atoms with Crippen LogP contribution in [0.5, 0.6) is 0 Å². The molecule has 3 aromatic rings. The highest BCUT2D eigenvalue weighted by Gasteiger charge is 2.55. The monoisotopic (exact) mass is 693 g/mol. The van der Waals surface area contributed by atoms with Gasteiger partial charge in [0.2, 0.25) is 17.7 Å². The average Bonchev–Trinajstić information content (AvgIpc) is 3.69. The number of hydrogen-bond donors (Lipinski definition) is 2. The first-order valence-electron chi connectivity index (χ1n) is 17.1. The van der Waals surface area contributed by atoms with Gasteiger partial charge in [0.15, 0.2) is 5.79 Å². The number of nitrogens with zero attached hydrogens (tertiary/aromatic N) is 2. The molecule has 0 radical (unpaired) electrons. The standard InChI is InChI=1S/C40H43N3O8/c1-42(2)35(45)18-15-26-13-16-28(17-14-26)39(48)49-33-22-31(23-34-36(33)51-40(50-34)24-29-11-7-8-12-30(29)25-40)38(47)43(3)32(37(46)41-19-20-44)21-27-9-5-4-6-10-27/h4-18,23,32-34,36,44H,19-22,24-25H2,1-3H3,(H,41,46). The minimum atomic E-state index is -0.970. The van der Waals surface area contributed by atoms with Crippen LogP contribution in [0.1, 0.15) is 39.0 Å². The Kier molecular flexibility index (Phi) is 10.8. The van der Waals surface area contributed by atoms with Crippen LogP contribution in [0.25, 0.3) is 6.08 Å². The van der Waals surface area contributed by atoms with E-state index in [2.05, 4.69) is 5.32 Å². The third-order valence-corrected chi connectivity index (χ3v) is 9.53. The molecular formula is C40H43N3O8. The molecule has 0 bridgehead atoms. The predicted octanol–water partition coefficient (Wildman–Crippen LogP) is 3.10. The number of likely N-dealkylation sites (N-methyl/N-ethyl adjacent to an activating group) is 2. The van der Waals surface area contributed by atoms with Crippen LogP contribution in [0, 0.1) is 0 Å². The zero-order chi connectivity index (χ0) is 36.1. The van der Waals surface area contributed by atoms with E-state index in [1.807, 2.05) is 54.6 Å². The summed E-state index contributed by atoms with van der Waals surface area (Å²) in [6, 6.07) is 23.2. The van der Waals surface area contributed by atoms with Crippen molar-refractivity contribution < 1.29 is 38.5 Å². The number of carbonyl (C=O) groups is 4. The summed E-state index contributed by atoms with van der Waals surface area (Å²) < 4.78 is 19.4. The Bertz CT molecular complexity index is 1800. The third kappa shape index (κ3) is 8.12. The second kappa shape index (κ2) is 15.4. The van der Waals surface area contributed by atoms with Crippen LogP contribution >= 0.6 is 0 Å². The quantitative estimate of drug-likeness (QED) is 0.231. The normalized spacial score (nSPS) is 20.6. The Hall–Kier alpha value is -5.10. The van der Waals surface area contributed by atoms with Crippen molar-refractivity contribution in [3.63, 3.8) is 0 Å². The highest BCUT2D eigenvalue weighted by molar-refractivity contribution is 5.97. The van der Waals surface area contributed by atoms with Gasteiger partial charge in [0.05, 0.1) is 12.2 Å². The van der Waals surface area contributed by atoms with Gasteiger partial charge in [-0.1, -0.05) is 66.7 Å². The molecule has 2 N–H and O–H groups in total. The summed E-state index contributed by atoms with van der Waals surface area (Å²) in [6.45, 7) is -0.182. The number of esters is 1. The lowest BCUT2D eigenvalue weighted by Crippen LogP contribution is -2.51. The number of aliphatic hydroxyl groups is 1. The van der Waals surface area contributed by atoms with Gasteiger partial charge in [-0.2, -0.15) is 0 Å². The molecule has 11 heteroatoms. The van der Waals surface area contributed by atoms with Gasteiger partial charge in [-0.15, -0.1) is 0 Å². The van der Waals surface area contributed by atoms with Gasteiger partial charge in [0.25, 0.3) is 0 Å². The highest BCUT2D eigenvalue weighted by Crippen LogP contribution is 2.45. The molecule has 1 aliphatic heterocycles. The predicted molar refractivity (Wildman–Crippen MR) is 189 cm³/mol. The molecule has 4 unspecified atom stereocenters. The van der Waals surface area contributed by atoms with E-state index in [9.17, 15) is 24.3 Å². The van der Waals surface area contributed by atoms with Crippen molar-refractivity contribution in [1.29, 1.82) is 0 Å². The molecule has 1 heterocycles. The number of benzene rings is 3. The Morgan fingerprint density at radius 3 is 2.25 bits per heavy atom. The molecule has 1 spiro atoms. The minimum absolute atomic E-state index is 0.0479. The first-order chi connectivity index (χ1) is 24.6. The summed E-state index contributed by atoms with van der Waals surface area (Å²) in [4.78, 5) is 56.0. The first-order valence-corrected chi connectivity index (χ1v) is 17.1. The number of rotatable bonds is 11. The van der Waals surface area contributed by atoms with E-state index >= 15 is 0 Å². The zero-order valence-electron chi connectivity index (χ0n) is 29.0. The van der Waals surface area contributed by atoms with Gasteiger partial charge in [0, 0.05) is 65.0 Å². The summed E-state index contributed by atoms with van der Waals surface area (Å²) in [7, 11) is 4.91. The molecule has 2 aliphatic carbocycles. The SMILES string of the molecule is CN(C)C(=O)C=Cc1ccc(C(=O)OC2CC(C(=O)N(C)C(Cc3ccccc3)C(=O)NCCO)=CC3OC4(Cc5ccccc5C4)OC32)cc1. The maximum absolute atomic E-state index is 14.2. The van der Waals surface area contributed by atoms with Crippen LogP contribution in [-0.4, -0.2) is 103 Å². The third-order valence-electron chi connectivity index (χ3n) is 9.53. The first kappa shape index (κ1) is 35.7. The van der Waals surface area contributed by atoms with Crippen molar-refractivity contribution in [2.45, 2.75) is 55.8 Å². The molecule has 1 saturated heterocycles. The van der Waals surface area contributed by atoms with Gasteiger partial charge in [-0.25, -0.2) is 4.79 Å².